The highest BCUT2D eigenvalue weighted by Crippen LogP contribution is 2.30. The molecule has 4 aromatic rings. The highest BCUT2D eigenvalue weighted by Gasteiger charge is 2.31. The largest absolute Gasteiger partial charge is 0.504 e. The molecule has 64 heavy (non-hydrogen) atoms. The Morgan fingerprint density at radius 3 is 1.98 bits per heavy atom. The summed E-state index contributed by atoms with van der Waals surface area (Å²) < 4.78 is 29.7. The third-order valence-electron chi connectivity index (χ3n) is 10.1. The number of carbonyl (C=O) groups is 5. The van der Waals surface area contributed by atoms with Crippen LogP contribution in [0.5, 0.6) is 11.5 Å². The molecule has 4 atom stereocenters. The van der Waals surface area contributed by atoms with Gasteiger partial charge in [-0.15, -0.1) is 0 Å². The summed E-state index contributed by atoms with van der Waals surface area (Å²) in [5.41, 5.74) is 24.2. The fourth-order valence-electron chi connectivity index (χ4n) is 6.69. The van der Waals surface area contributed by atoms with Gasteiger partial charge in [-0.1, -0.05) is 60.7 Å². The lowest BCUT2D eigenvalue weighted by Crippen LogP contribution is -2.59. The molecule has 0 aliphatic carbocycles. The number of primary amides is 1. The Kier molecular flexibility index (Phi) is 18.2. The molecule has 0 radical (unpaired) electrons. The number of amides is 5. The van der Waals surface area contributed by atoms with E-state index in [1.54, 1.807) is 48.5 Å². The summed E-state index contributed by atoms with van der Waals surface area (Å²) in [4.78, 5) is 72.4. The molecule has 15 N–H and O–H groups in total. The van der Waals surface area contributed by atoms with E-state index in [4.69, 9.17) is 22.9 Å². The van der Waals surface area contributed by atoms with Crippen molar-refractivity contribution in [2.24, 2.45) is 27.9 Å². The molecule has 344 valence electrons. The zero-order valence-corrected chi connectivity index (χ0v) is 36.4. The number of sulfonamides is 1. The molecular formula is C43H57N11O9S. The van der Waals surface area contributed by atoms with Crippen molar-refractivity contribution in [3.63, 3.8) is 0 Å². The first-order valence-corrected chi connectivity index (χ1v) is 21.9. The maximum absolute atomic E-state index is 14.0. The van der Waals surface area contributed by atoms with Gasteiger partial charge in [0.25, 0.3) is 5.91 Å². The van der Waals surface area contributed by atoms with Crippen molar-refractivity contribution in [3.8, 4) is 11.5 Å². The monoisotopic (exact) mass is 903 g/mol. The van der Waals surface area contributed by atoms with E-state index in [0.29, 0.717) is 10.8 Å². The second-order valence-electron chi connectivity index (χ2n) is 15.1. The Morgan fingerprint density at radius 2 is 1.33 bits per heavy atom. The van der Waals surface area contributed by atoms with Crippen molar-refractivity contribution >= 4 is 62.0 Å². The molecule has 0 fully saturated rings. The zero-order valence-electron chi connectivity index (χ0n) is 35.6. The Balaban J connectivity index is 1.53. The van der Waals surface area contributed by atoms with Crippen molar-refractivity contribution in [2.75, 3.05) is 38.6 Å². The summed E-state index contributed by atoms with van der Waals surface area (Å²) in [5.74, 6) is -5.34. The van der Waals surface area contributed by atoms with Gasteiger partial charge in [0, 0.05) is 50.2 Å². The van der Waals surface area contributed by atoms with Crippen molar-refractivity contribution < 1.29 is 42.6 Å². The van der Waals surface area contributed by atoms with Crippen LogP contribution in [0.1, 0.15) is 48.0 Å². The normalized spacial score (nSPS) is 13.1. The summed E-state index contributed by atoms with van der Waals surface area (Å²) in [5, 5.41) is 31.3. The number of phenols is 2. The molecule has 4 rings (SSSR count). The average Bonchev–Trinajstić information content (AvgIpc) is 3.25. The lowest BCUT2D eigenvalue weighted by Gasteiger charge is -2.26. The third-order valence-corrected chi connectivity index (χ3v) is 11.6. The molecule has 0 saturated heterocycles. The first kappa shape index (κ1) is 49.7. The minimum Gasteiger partial charge on any atom is -0.504 e. The predicted octanol–water partition coefficient (Wildman–Crippen LogP) is -0.241. The number of aliphatic imine (C=N–C) groups is 1. The van der Waals surface area contributed by atoms with Crippen LogP contribution in [-0.4, -0.2) is 112 Å². The Morgan fingerprint density at radius 1 is 0.719 bits per heavy atom. The number of nitrogens with two attached hydrogens (primary N) is 4. The van der Waals surface area contributed by atoms with Crippen LogP contribution in [0.3, 0.4) is 0 Å². The molecule has 0 heterocycles. The van der Waals surface area contributed by atoms with E-state index in [9.17, 15) is 42.6 Å². The van der Waals surface area contributed by atoms with Gasteiger partial charge in [0.1, 0.15) is 18.1 Å². The average molecular weight is 904 g/mol. The number of nitrogens with zero attached hydrogens (tertiary/aromatic N) is 2. The fourth-order valence-corrected chi connectivity index (χ4v) is 7.96. The van der Waals surface area contributed by atoms with E-state index in [1.165, 1.54) is 24.3 Å². The topological polar surface area (TPSA) is 340 Å². The van der Waals surface area contributed by atoms with Gasteiger partial charge in [-0.3, -0.25) is 29.0 Å². The number of hydrogen-bond acceptors (Lipinski definition) is 12. The number of nitrogens with one attached hydrogen (secondary N) is 5. The summed E-state index contributed by atoms with van der Waals surface area (Å²) >= 11 is 0. The van der Waals surface area contributed by atoms with Crippen LogP contribution >= 0.6 is 0 Å². The van der Waals surface area contributed by atoms with Crippen molar-refractivity contribution in [1.82, 2.24) is 26.0 Å². The molecule has 0 bridgehead atoms. The van der Waals surface area contributed by atoms with Gasteiger partial charge in [0.15, 0.2) is 17.5 Å². The lowest BCUT2D eigenvalue weighted by atomic mass is 10.0. The van der Waals surface area contributed by atoms with E-state index in [0.717, 1.165) is 11.3 Å². The highest BCUT2D eigenvalue weighted by atomic mass is 32.2. The predicted molar refractivity (Wildman–Crippen MR) is 242 cm³/mol. The smallest absolute Gasteiger partial charge is 0.255 e. The van der Waals surface area contributed by atoms with E-state index in [2.05, 4.69) is 31.0 Å². The SMILES string of the molecule is CN(C)c1cccc2c(S(=O)(=O)NC[C@@H](NC(=O)[C@H](CCCCNC(=O)c3cccc(O)c3O)NC(=O)[C@H](CCCN=C(N)N)NC(=O)[C@@H](N)Cc3ccccc3)C(N)=O)cccc12. The van der Waals surface area contributed by atoms with E-state index < -0.39 is 81.8 Å². The molecule has 0 aromatic heterocycles. The molecule has 0 aliphatic heterocycles. The van der Waals surface area contributed by atoms with Gasteiger partial charge in [-0.05, 0) is 68.4 Å². The van der Waals surface area contributed by atoms with Crippen molar-refractivity contribution in [1.29, 1.82) is 0 Å². The number of hydrogen-bond donors (Lipinski definition) is 11. The molecule has 4 aromatic carbocycles. The van der Waals surface area contributed by atoms with Gasteiger partial charge in [0.2, 0.25) is 33.7 Å². The number of benzene rings is 4. The summed E-state index contributed by atoms with van der Waals surface area (Å²) in [6.07, 6.45) is 0.776. The van der Waals surface area contributed by atoms with Crippen LogP contribution in [-0.2, 0) is 35.6 Å². The van der Waals surface area contributed by atoms with Gasteiger partial charge in [-0.2, -0.15) is 0 Å². The van der Waals surface area contributed by atoms with Gasteiger partial charge < -0.3 is 59.3 Å². The number of aromatic hydroxyl groups is 2. The van der Waals surface area contributed by atoms with Crippen LogP contribution in [0.4, 0.5) is 5.69 Å². The summed E-state index contributed by atoms with van der Waals surface area (Å²) in [7, 11) is -0.647. The zero-order chi connectivity index (χ0) is 47.0. The van der Waals surface area contributed by atoms with Crippen LogP contribution in [0.2, 0.25) is 0 Å². The van der Waals surface area contributed by atoms with Gasteiger partial charge >= 0.3 is 0 Å². The number of carbonyl (C=O) groups excluding carboxylic acids is 5. The lowest BCUT2D eigenvalue weighted by molar-refractivity contribution is -0.133. The molecule has 5 amide bonds. The minimum atomic E-state index is -4.29. The molecule has 0 aliphatic rings. The number of para-hydroxylation sites is 1. The molecule has 0 saturated carbocycles. The summed E-state index contributed by atoms with van der Waals surface area (Å²) in [6.45, 7) is -0.487. The maximum Gasteiger partial charge on any atom is 0.255 e. The first-order valence-electron chi connectivity index (χ1n) is 20.4. The number of rotatable bonds is 24. The molecule has 21 heteroatoms. The number of anilines is 1. The number of fused-ring (bicyclic) bond motifs is 1. The number of guanidine groups is 1. The first-order chi connectivity index (χ1) is 30.4. The van der Waals surface area contributed by atoms with Crippen LogP contribution in [0.15, 0.2) is 94.8 Å². The van der Waals surface area contributed by atoms with Crippen LogP contribution < -0.4 is 53.8 Å². The quantitative estimate of drug-likeness (QED) is 0.0187. The Labute approximate surface area is 371 Å². The molecular weight excluding hydrogens is 847 g/mol. The second kappa shape index (κ2) is 23.5. The Bertz CT molecular complexity index is 2410. The van der Waals surface area contributed by atoms with Crippen molar-refractivity contribution in [2.45, 2.75) is 67.6 Å². The van der Waals surface area contributed by atoms with E-state index >= 15 is 0 Å². The van der Waals surface area contributed by atoms with Gasteiger partial charge in [0.05, 0.1) is 16.5 Å². The molecule has 0 spiro atoms. The summed E-state index contributed by atoms with van der Waals surface area (Å²) in [6, 6.07) is 17.6. The van der Waals surface area contributed by atoms with Crippen LogP contribution in [0.25, 0.3) is 10.8 Å². The minimum absolute atomic E-state index is 0.0184. The maximum atomic E-state index is 14.0. The van der Waals surface area contributed by atoms with E-state index in [-0.39, 0.29) is 68.0 Å². The second-order valence-corrected chi connectivity index (χ2v) is 16.9. The Hall–Kier alpha value is -6.97. The fraction of sp³-hybridized carbons (Fsp3) is 0.349. The van der Waals surface area contributed by atoms with Crippen molar-refractivity contribution in [3.05, 3.63) is 96.1 Å². The standard InChI is InChI=1S/C43H57N11O9S/c1-54(2)34-19-8-15-28-27(34)14-10-21-36(28)64(62,63)50-25-33(38(45)57)53-42(61)31(17-6-7-22-48-39(58)29-16-9-20-35(55)37(29)56)52-41(60)32(18-11-23-49-43(46)47)51-40(59)30(44)24-26-12-4-3-5-13-26/h3-5,8-10,12-16,19-21,30-33,50,55-56H,6-7,11,17-18,22-25,44H2,1-2H3,(H2,45,57)(H,48,58)(H,51,59)(H,52,60)(H,53,61)(H4,46,47,49)/t30-,31-,32-,33+/m0/s1. The molecule has 20 nitrogen and oxygen atoms in total. The third kappa shape index (κ3) is 14.3. The highest BCUT2D eigenvalue weighted by molar-refractivity contribution is 7.89. The van der Waals surface area contributed by atoms with Crippen LogP contribution in [0, 0.1) is 0 Å². The van der Waals surface area contributed by atoms with E-state index in [1.807, 2.05) is 31.1 Å². The number of phenolic OH excluding ortho intramolecular Hbond substituents is 2. The molecule has 0 unspecified atom stereocenters. The van der Waals surface area contributed by atoms with Gasteiger partial charge in [-0.25, -0.2) is 13.1 Å². The number of unbranched alkanes of at least 4 members (excludes halogenated alkanes) is 1.